The van der Waals surface area contributed by atoms with E-state index >= 15 is 0 Å². The van der Waals surface area contributed by atoms with Crippen molar-refractivity contribution in [2.45, 2.75) is 69.9 Å². The Hall–Kier alpha value is -3.34. The van der Waals surface area contributed by atoms with E-state index in [2.05, 4.69) is 27.3 Å². The van der Waals surface area contributed by atoms with E-state index in [1.54, 1.807) is 16.0 Å². The van der Waals surface area contributed by atoms with Gasteiger partial charge >= 0.3 is 5.92 Å². The number of hydrogen-bond acceptors (Lipinski definition) is 7. The van der Waals surface area contributed by atoms with Gasteiger partial charge in [0.25, 0.3) is 11.8 Å². The van der Waals surface area contributed by atoms with Crippen LogP contribution in [0.15, 0.2) is 30.5 Å². The van der Waals surface area contributed by atoms with E-state index in [0.717, 1.165) is 68.5 Å². The Kier molecular flexibility index (Phi) is 7.70. The summed E-state index contributed by atoms with van der Waals surface area (Å²) in [4.78, 5) is 40.3. The monoisotopic (exact) mass is 541 g/mol. The van der Waals surface area contributed by atoms with Gasteiger partial charge in [-0.3, -0.25) is 15.0 Å². The average Bonchev–Trinajstić information content (AvgIpc) is 3.47. The molecule has 5 rings (SSSR count). The van der Waals surface area contributed by atoms with Gasteiger partial charge in [-0.1, -0.05) is 31.9 Å². The van der Waals surface area contributed by atoms with Crippen molar-refractivity contribution in [3.05, 3.63) is 41.6 Å². The first-order valence-electron chi connectivity index (χ1n) is 13.9. The summed E-state index contributed by atoms with van der Waals surface area (Å²) < 4.78 is 29.9. The Balaban J connectivity index is 1.51. The van der Waals surface area contributed by atoms with Crippen molar-refractivity contribution in [1.82, 2.24) is 19.9 Å². The molecule has 0 atom stereocenters. The lowest BCUT2D eigenvalue weighted by molar-refractivity contribution is -0.140. The molecule has 2 aliphatic heterocycles. The number of anilines is 3. The quantitative estimate of drug-likeness (QED) is 0.554. The molecule has 1 aromatic heterocycles. The fourth-order valence-electron chi connectivity index (χ4n) is 5.83. The molecular weight excluding hydrogens is 504 g/mol. The second kappa shape index (κ2) is 11.0. The molecule has 2 aromatic rings. The van der Waals surface area contributed by atoms with Gasteiger partial charge in [-0.05, 0) is 69.9 Å². The lowest BCUT2D eigenvalue weighted by atomic mass is 10.0. The number of nitrogens with one attached hydrogen (secondary N) is 1. The summed E-state index contributed by atoms with van der Waals surface area (Å²) in [6.07, 6.45) is 7.15. The molecule has 0 spiro atoms. The minimum Gasteiger partial charge on any atom is -0.345 e. The zero-order valence-corrected chi connectivity index (χ0v) is 22.9. The topological polar surface area (TPSA) is 84.9 Å². The van der Waals surface area contributed by atoms with Gasteiger partial charge < -0.3 is 14.7 Å². The highest BCUT2D eigenvalue weighted by Crippen LogP contribution is 2.39. The summed E-state index contributed by atoms with van der Waals surface area (Å²) in [5, 5.41) is 1.60. The van der Waals surface area contributed by atoms with Gasteiger partial charge in [0.05, 0.1) is 18.8 Å². The normalized spacial score (nSPS) is 20.6. The summed E-state index contributed by atoms with van der Waals surface area (Å²) in [5.74, 6) is -4.58. The van der Waals surface area contributed by atoms with E-state index in [-0.39, 0.29) is 35.4 Å². The molecule has 0 unspecified atom stereocenters. The van der Waals surface area contributed by atoms with Crippen molar-refractivity contribution in [3.63, 3.8) is 0 Å². The molecule has 0 bridgehead atoms. The first-order valence-corrected chi connectivity index (χ1v) is 13.9. The molecule has 0 radical (unpaired) electrons. The molecule has 2 amide bonds. The molecule has 39 heavy (non-hydrogen) atoms. The maximum atomic E-state index is 15.0. The molecule has 1 saturated heterocycles. The highest BCUT2D eigenvalue weighted by molar-refractivity contribution is 6.02. The van der Waals surface area contributed by atoms with Gasteiger partial charge in [0.2, 0.25) is 5.95 Å². The van der Waals surface area contributed by atoms with Crippen molar-refractivity contribution in [1.29, 1.82) is 0 Å². The minimum absolute atomic E-state index is 0.0964. The molecule has 11 heteroatoms. The molecule has 1 aromatic carbocycles. The number of aryl methyl sites for hydroxylation is 1. The number of amides is 2. The van der Waals surface area contributed by atoms with Crippen LogP contribution in [0.2, 0.25) is 0 Å². The number of hydrogen-bond donors (Lipinski definition) is 1. The predicted molar refractivity (Wildman–Crippen MR) is 146 cm³/mol. The van der Waals surface area contributed by atoms with Crippen molar-refractivity contribution in [2.24, 2.45) is 0 Å². The Morgan fingerprint density at radius 2 is 1.87 bits per heavy atom. The van der Waals surface area contributed by atoms with Gasteiger partial charge in [-0.25, -0.2) is 9.99 Å². The van der Waals surface area contributed by atoms with Crippen LogP contribution in [-0.2, 0) is 11.2 Å². The minimum atomic E-state index is -3.55. The SMILES string of the molecule is CCc1cccc(C(=O)N(Nc2ncc3c(n2)N(C2CCCC2)CC(F)(F)C(=O)N3C)C2CCN(C)CC2)c1. The van der Waals surface area contributed by atoms with Gasteiger partial charge in [-0.15, -0.1) is 0 Å². The van der Waals surface area contributed by atoms with Gasteiger partial charge in [-0.2, -0.15) is 13.8 Å². The molecule has 1 aliphatic carbocycles. The number of alkyl halides is 2. The van der Waals surface area contributed by atoms with E-state index < -0.39 is 18.4 Å². The molecule has 9 nitrogen and oxygen atoms in total. The number of halogens is 2. The highest BCUT2D eigenvalue weighted by atomic mass is 19.3. The Bertz CT molecular complexity index is 1210. The third-order valence-corrected chi connectivity index (χ3v) is 8.21. The molecule has 210 valence electrons. The number of carbonyl (C=O) groups is 2. The fraction of sp³-hybridized carbons (Fsp3) is 0.571. The van der Waals surface area contributed by atoms with Crippen LogP contribution in [0.25, 0.3) is 0 Å². The first-order chi connectivity index (χ1) is 18.7. The third-order valence-electron chi connectivity index (χ3n) is 8.21. The van der Waals surface area contributed by atoms with E-state index in [9.17, 15) is 18.4 Å². The summed E-state index contributed by atoms with van der Waals surface area (Å²) >= 11 is 0. The van der Waals surface area contributed by atoms with E-state index in [0.29, 0.717) is 5.56 Å². The second-order valence-corrected chi connectivity index (χ2v) is 10.9. The van der Waals surface area contributed by atoms with Crippen molar-refractivity contribution >= 4 is 29.3 Å². The van der Waals surface area contributed by atoms with E-state index in [4.69, 9.17) is 0 Å². The largest absolute Gasteiger partial charge is 0.345 e. The number of likely N-dealkylation sites (tertiary alicyclic amines) is 1. The number of hydrazine groups is 1. The maximum Gasteiger partial charge on any atom is 0.342 e. The lowest BCUT2D eigenvalue weighted by Crippen LogP contribution is -2.49. The number of nitrogens with zero attached hydrogens (tertiary/aromatic N) is 6. The molecule has 1 saturated carbocycles. The van der Waals surface area contributed by atoms with Crippen LogP contribution in [0, 0.1) is 0 Å². The lowest BCUT2D eigenvalue weighted by Gasteiger charge is -2.37. The van der Waals surface area contributed by atoms with Crippen LogP contribution in [-0.4, -0.2) is 83.4 Å². The van der Waals surface area contributed by atoms with Crippen LogP contribution in [0.3, 0.4) is 0 Å². The van der Waals surface area contributed by atoms with Crippen LogP contribution in [0.5, 0.6) is 0 Å². The molecule has 1 N–H and O–H groups in total. The van der Waals surface area contributed by atoms with Gasteiger partial charge in [0, 0.05) is 18.7 Å². The number of piperidine rings is 1. The van der Waals surface area contributed by atoms with Crippen LogP contribution in [0.1, 0.15) is 61.4 Å². The number of benzene rings is 1. The van der Waals surface area contributed by atoms with E-state index in [1.807, 2.05) is 25.1 Å². The maximum absolute atomic E-state index is 15.0. The van der Waals surface area contributed by atoms with E-state index in [1.165, 1.54) is 13.2 Å². The van der Waals surface area contributed by atoms with Crippen molar-refractivity contribution < 1.29 is 18.4 Å². The van der Waals surface area contributed by atoms with Crippen LogP contribution >= 0.6 is 0 Å². The molecule has 3 heterocycles. The fourth-order valence-corrected chi connectivity index (χ4v) is 5.83. The number of carbonyl (C=O) groups excluding carboxylic acids is 2. The van der Waals surface area contributed by atoms with Crippen molar-refractivity contribution in [2.75, 3.05) is 49.0 Å². The number of fused-ring (bicyclic) bond motifs is 1. The summed E-state index contributed by atoms with van der Waals surface area (Å²) in [7, 11) is 3.39. The Morgan fingerprint density at radius 3 is 2.56 bits per heavy atom. The first kappa shape index (κ1) is 27.2. The Labute approximate surface area is 228 Å². The molecule has 2 fully saturated rings. The van der Waals surface area contributed by atoms with Gasteiger partial charge in [0.1, 0.15) is 5.69 Å². The average molecular weight is 542 g/mol. The zero-order chi connectivity index (χ0) is 27.7. The summed E-state index contributed by atoms with van der Waals surface area (Å²) in [5.41, 5.74) is 5.02. The standard InChI is InChI=1S/C28H37F2N7O2/c1-4-19-8-7-9-20(16-19)25(38)37(22-12-14-34(2)15-13-22)33-27-31-17-23-24(32-27)36(21-10-5-6-11-21)18-28(29,30)26(39)35(23)3/h7-9,16-17,21-22H,4-6,10-15,18H2,1-3H3,(H,31,32,33). The smallest absolute Gasteiger partial charge is 0.342 e. The predicted octanol–water partition coefficient (Wildman–Crippen LogP) is 3.96. The summed E-state index contributed by atoms with van der Waals surface area (Å²) in [6, 6.07) is 7.33. The number of aromatic nitrogens is 2. The van der Waals surface area contributed by atoms with Gasteiger partial charge in [0.15, 0.2) is 5.82 Å². The Morgan fingerprint density at radius 1 is 1.15 bits per heavy atom. The molecule has 3 aliphatic rings. The van der Waals surface area contributed by atoms with Crippen LogP contribution in [0.4, 0.5) is 26.2 Å². The zero-order valence-electron chi connectivity index (χ0n) is 22.9. The number of rotatable bonds is 6. The second-order valence-electron chi connectivity index (χ2n) is 10.9. The van der Waals surface area contributed by atoms with Crippen LogP contribution < -0.4 is 15.2 Å². The highest BCUT2D eigenvalue weighted by Gasteiger charge is 2.49. The van der Waals surface area contributed by atoms with Crippen molar-refractivity contribution in [3.8, 4) is 0 Å². The molecular formula is C28H37F2N7O2. The summed E-state index contributed by atoms with van der Waals surface area (Å²) in [6.45, 7) is 2.99. The third kappa shape index (κ3) is 5.54.